The van der Waals surface area contributed by atoms with E-state index < -0.39 is 0 Å². The molecule has 1 N–H and O–H groups in total. The molecule has 18 heavy (non-hydrogen) atoms. The lowest BCUT2D eigenvalue weighted by Crippen LogP contribution is -2.42. The van der Waals surface area contributed by atoms with Gasteiger partial charge in [-0.05, 0) is 38.4 Å². The summed E-state index contributed by atoms with van der Waals surface area (Å²) in [6, 6.07) is 0. The summed E-state index contributed by atoms with van der Waals surface area (Å²) >= 11 is 0. The molecule has 0 saturated carbocycles. The second kappa shape index (κ2) is 6.18. The highest BCUT2D eigenvalue weighted by Crippen LogP contribution is 2.18. The summed E-state index contributed by atoms with van der Waals surface area (Å²) in [5, 5.41) is 2.64. The zero-order valence-electron chi connectivity index (χ0n) is 11.2. The van der Waals surface area contributed by atoms with E-state index in [0.717, 1.165) is 26.2 Å². The topological polar surface area (TPSA) is 52.6 Å². The van der Waals surface area contributed by atoms with Gasteiger partial charge in [-0.15, -0.1) is 0 Å². The molecule has 2 amide bonds. The summed E-state index contributed by atoms with van der Waals surface area (Å²) in [6.07, 6.45) is 2.78. The number of amides is 2. The van der Waals surface area contributed by atoms with Crippen molar-refractivity contribution >= 4 is 11.8 Å². The molecule has 102 valence electrons. The van der Waals surface area contributed by atoms with Crippen LogP contribution in [0.4, 0.5) is 0 Å². The second-order valence-electron chi connectivity index (χ2n) is 5.24. The average molecular weight is 253 g/mol. The highest BCUT2D eigenvalue weighted by atomic mass is 16.2. The monoisotopic (exact) mass is 253 g/mol. The number of hydrogen-bond acceptors (Lipinski definition) is 3. The van der Waals surface area contributed by atoms with E-state index in [9.17, 15) is 9.59 Å². The fourth-order valence-corrected chi connectivity index (χ4v) is 2.73. The van der Waals surface area contributed by atoms with Crippen LogP contribution in [0, 0.1) is 5.92 Å². The molecule has 0 aromatic rings. The highest BCUT2D eigenvalue weighted by molar-refractivity contribution is 5.87. The molecule has 2 rings (SSSR count). The third-order valence-electron chi connectivity index (χ3n) is 4.03. The molecule has 5 heteroatoms. The molecule has 2 aliphatic heterocycles. The first-order chi connectivity index (χ1) is 8.69. The van der Waals surface area contributed by atoms with Crippen LogP contribution in [0.15, 0.2) is 0 Å². The number of hydrogen-bond donors (Lipinski definition) is 1. The SMILES string of the molecule is CCN1CCC(CN2CCC(=O)NCC2=O)CC1. The molecule has 0 radical (unpaired) electrons. The van der Waals surface area contributed by atoms with E-state index in [0.29, 0.717) is 18.9 Å². The van der Waals surface area contributed by atoms with Gasteiger partial charge in [0.05, 0.1) is 6.54 Å². The Labute approximate surface area is 108 Å². The maximum atomic E-state index is 11.9. The molecule has 2 fully saturated rings. The van der Waals surface area contributed by atoms with Gasteiger partial charge in [0.15, 0.2) is 0 Å². The van der Waals surface area contributed by atoms with E-state index in [-0.39, 0.29) is 18.4 Å². The fourth-order valence-electron chi connectivity index (χ4n) is 2.73. The van der Waals surface area contributed by atoms with Crippen LogP contribution < -0.4 is 5.32 Å². The summed E-state index contributed by atoms with van der Waals surface area (Å²) in [5.74, 6) is 0.662. The maximum absolute atomic E-state index is 11.9. The number of carbonyl (C=O) groups is 2. The predicted octanol–water partition coefficient (Wildman–Crippen LogP) is 0.0668. The van der Waals surface area contributed by atoms with Crippen LogP contribution >= 0.6 is 0 Å². The van der Waals surface area contributed by atoms with Crippen molar-refractivity contribution in [2.45, 2.75) is 26.2 Å². The fraction of sp³-hybridized carbons (Fsp3) is 0.846. The van der Waals surface area contributed by atoms with Crippen molar-refractivity contribution in [3.8, 4) is 0 Å². The third kappa shape index (κ3) is 3.45. The Morgan fingerprint density at radius 2 is 1.94 bits per heavy atom. The van der Waals surface area contributed by atoms with Gasteiger partial charge < -0.3 is 15.1 Å². The van der Waals surface area contributed by atoms with E-state index in [1.807, 2.05) is 4.90 Å². The predicted molar refractivity (Wildman–Crippen MR) is 69.0 cm³/mol. The first-order valence-electron chi connectivity index (χ1n) is 6.96. The lowest BCUT2D eigenvalue weighted by molar-refractivity contribution is -0.130. The van der Waals surface area contributed by atoms with E-state index >= 15 is 0 Å². The Balaban J connectivity index is 1.81. The largest absolute Gasteiger partial charge is 0.347 e. The van der Waals surface area contributed by atoms with Gasteiger partial charge in [0.2, 0.25) is 11.8 Å². The molecular formula is C13H23N3O2. The summed E-state index contributed by atoms with van der Waals surface area (Å²) in [4.78, 5) is 27.4. The molecule has 5 nitrogen and oxygen atoms in total. The first-order valence-corrected chi connectivity index (χ1v) is 6.96. The van der Waals surface area contributed by atoms with Gasteiger partial charge in [0.25, 0.3) is 0 Å². The van der Waals surface area contributed by atoms with Crippen molar-refractivity contribution in [1.29, 1.82) is 0 Å². The molecule has 2 aliphatic rings. The van der Waals surface area contributed by atoms with Crippen LogP contribution in [0.5, 0.6) is 0 Å². The number of carbonyl (C=O) groups excluding carboxylic acids is 2. The van der Waals surface area contributed by atoms with Gasteiger partial charge in [-0.1, -0.05) is 6.92 Å². The first kappa shape index (κ1) is 13.3. The Hall–Kier alpha value is -1.10. The smallest absolute Gasteiger partial charge is 0.241 e. The molecule has 0 spiro atoms. The molecule has 0 atom stereocenters. The summed E-state index contributed by atoms with van der Waals surface area (Å²) < 4.78 is 0. The third-order valence-corrected chi connectivity index (χ3v) is 4.03. The van der Waals surface area contributed by atoms with Gasteiger partial charge in [-0.2, -0.15) is 0 Å². The van der Waals surface area contributed by atoms with Crippen molar-refractivity contribution < 1.29 is 9.59 Å². The van der Waals surface area contributed by atoms with E-state index in [2.05, 4.69) is 17.1 Å². The summed E-state index contributed by atoms with van der Waals surface area (Å²) in [7, 11) is 0. The molecule has 2 saturated heterocycles. The lowest BCUT2D eigenvalue weighted by Gasteiger charge is -2.33. The van der Waals surface area contributed by atoms with Crippen LogP contribution in [0.25, 0.3) is 0 Å². The normalized spacial score (nSPS) is 23.9. The molecule has 0 bridgehead atoms. The minimum absolute atomic E-state index is 0.00773. The van der Waals surface area contributed by atoms with Crippen LogP contribution in [-0.4, -0.2) is 60.9 Å². The summed E-state index contributed by atoms with van der Waals surface area (Å²) in [6.45, 7) is 7.17. The Kier molecular flexibility index (Phi) is 4.58. The quantitative estimate of drug-likeness (QED) is 0.774. The highest BCUT2D eigenvalue weighted by Gasteiger charge is 2.25. The number of nitrogens with one attached hydrogen (secondary N) is 1. The number of likely N-dealkylation sites (tertiary alicyclic amines) is 1. The van der Waals surface area contributed by atoms with Crippen molar-refractivity contribution in [2.24, 2.45) is 5.92 Å². The molecule has 0 aliphatic carbocycles. The lowest BCUT2D eigenvalue weighted by atomic mass is 9.96. The van der Waals surface area contributed by atoms with Gasteiger partial charge in [0, 0.05) is 19.5 Å². The number of rotatable bonds is 3. The van der Waals surface area contributed by atoms with Crippen molar-refractivity contribution in [1.82, 2.24) is 15.1 Å². The van der Waals surface area contributed by atoms with Gasteiger partial charge in [-0.25, -0.2) is 0 Å². The van der Waals surface area contributed by atoms with Gasteiger partial charge >= 0.3 is 0 Å². The van der Waals surface area contributed by atoms with Crippen molar-refractivity contribution in [2.75, 3.05) is 39.3 Å². The molecule has 0 aromatic heterocycles. The number of piperidine rings is 1. The molecule has 2 heterocycles. The standard InChI is InChI=1S/C13H23N3O2/c1-2-15-6-3-11(4-7-15)10-16-8-5-12(17)14-9-13(16)18/h11H,2-10H2,1H3,(H,14,17). The maximum Gasteiger partial charge on any atom is 0.241 e. The van der Waals surface area contributed by atoms with Crippen molar-refractivity contribution in [3.05, 3.63) is 0 Å². The average Bonchev–Trinajstić information content (AvgIpc) is 2.55. The minimum Gasteiger partial charge on any atom is -0.347 e. The number of nitrogens with zero attached hydrogens (tertiary/aromatic N) is 2. The molecular weight excluding hydrogens is 230 g/mol. The minimum atomic E-state index is -0.00773. The summed E-state index contributed by atoms with van der Waals surface area (Å²) in [5.41, 5.74) is 0. The van der Waals surface area contributed by atoms with Gasteiger partial charge in [0.1, 0.15) is 0 Å². The van der Waals surface area contributed by atoms with Gasteiger partial charge in [-0.3, -0.25) is 9.59 Å². The van der Waals surface area contributed by atoms with Crippen LogP contribution in [0.1, 0.15) is 26.2 Å². The zero-order chi connectivity index (χ0) is 13.0. The Bertz CT molecular complexity index is 311. The molecule has 0 unspecified atom stereocenters. The van der Waals surface area contributed by atoms with Crippen LogP contribution in [-0.2, 0) is 9.59 Å². The van der Waals surface area contributed by atoms with Crippen LogP contribution in [0.3, 0.4) is 0 Å². The second-order valence-corrected chi connectivity index (χ2v) is 5.24. The van der Waals surface area contributed by atoms with Crippen molar-refractivity contribution in [3.63, 3.8) is 0 Å². The Morgan fingerprint density at radius 1 is 1.22 bits per heavy atom. The van der Waals surface area contributed by atoms with E-state index in [1.54, 1.807) is 0 Å². The Morgan fingerprint density at radius 3 is 2.61 bits per heavy atom. The van der Waals surface area contributed by atoms with Crippen LogP contribution in [0.2, 0.25) is 0 Å². The molecule has 0 aromatic carbocycles. The van der Waals surface area contributed by atoms with E-state index in [1.165, 1.54) is 12.8 Å². The van der Waals surface area contributed by atoms with E-state index in [4.69, 9.17) is 0 Å². The zero-order valence-corrected chi connectivity index (χ0v) is 11.2.